The van der Waals surface area contributed by atoms with E-state index in [0.717, 1.165) is 5.56 Å². The second-order valence-electron chi connectivity index (χ2n) is 15.6. The van der Waals surface area contributed by atoms with Crippen LogP contribution in [0.5, 0.6) is 17.2 Å². The molecule has 2 unspecified atom stereocenters. The van der Waals surface area contributed by atoms with E-state index < -0.39 is 84.5 Å². The highest BCUT2D eigenvalue weighted by molar-refractivity contribution is 5.98. The van der Waals surface area contributed by atoms with Gasteiger partial charge in [-0.1, -0.05) is 78.7 Å². The van der Waals surface area contributed by atoms with Crippen LogP contribution < -0.4 is 41.8 Å². The van der Waals surface area contributed by atoms with Crippen molar-refractivity contribution in [2.75, 3.05) is 46.2 Å². The molecule has 20 nitrogen and oxygen atoms in total. The maximum Gasteiger partial charge on any atom is 0.305 e. The minimum atomic E-state index is -1.86. The summed E-state index contributed by atoms with van der Waals surface area (Å²) >= 11 is 0. The number of hydrogen-bond acceptors (Lipinski definition) is 13. The standard InChI is InChI=1S/C50H58N6O14/c1-2-22-69-37-17-19-38(20-18-37)70-27-26-68-25-24-67-23-21-52-47(63)42(31-44(58)59)55-50(66)43(32-45(60)61)56-49(65)41(29-34-11-7-4-8-12-34)54-48(64)40(30-35-13-15-36(57)16-14-35)53-46(62)39(51)28-33-9-5-3-6-10-33/h1,3-20,39-43,57H,21-32,51H2,(H,52,63)(H,53,62)(H,54,64)(H,55,66)(H,56,65)(H,58,59)(H,60,61)/t39-,40?,41-,42?,43-/m0/s1. The molecule has 0 saturated heterocycles. The molecule has 0 spiro atoms. The van der Waals surface area contributed by atoms with Crippen LogP contribution in [-0.4, -0.2) is 133 Å². The molecule has 4 aromatic rings. The van der Waals surface area contributed by atoms with Crippen molar-refractivity contribution in [2.45, 2.75) is 62.3 Å². The zero-order valence-electron chi connectivity index (χ0n) is 38.3. The number of rotatable bonds is 31. The summed E-state index contributed by atoms with van der Waals surface area (Å²) in [7, 11) is 0. The summed E-state index contributed by atoms with van der Waals surface area (Å²) in [6, 6.07) is 22.7. The number of amides is 5. The van der Waals surface area contributed by atoms with E-state index in [4.69, 9.17) is 31.1 Å². The van der Waals surface area contributed by atoms with Crippen LogP contribution in [0.4, 0.5) is 0 Å². The molecule has 70 heavy (non-hydrogen) atoms. The Bertz CT molecular complexity index is 2350. The van der Waals surface area contributed by atoms with Gasteiger partial charge in [-0.25, -0.2) is 0 Å². The average Bonchev–Trinajstić information content (AvgIpc) is 3.34. The summed E-state index contributed by atoms with van der Waals surface area (Å²) in [5, 5.41) is 41.5. The SMILES string of the molecule is C#CCOc1ccc(OCCOCCOCCNC(=O)C(CC(=O)O)NC(=O)[C@H](CC(=O)O)NC(=O)[C@H](Cc2ccccc2)NC(=O)C(Cc2ccc(O)cc2)NC(=O)[C@@H](N)Cc2ccccc2)cc1. The lowest BCUT2D eigenvalue weighted by Crippen LogP contribution is -2.60. The Morgan fingerprint density at radius 2 is 0.943 bits per heavy atom. The Morgan fingerprint density at radius 1 is 0.514 bits per heavy atom. The summed E-state index contributed by atoms with van der Waals surface area (Å²) in [6.07, 6.45) is 3.16. The van der Waals surface area contributed by atoms with Gasteiger partial charge in [-0.2, -0.15) is 0 Å². The Kier molecular flexibility index (Phi) is 23.2. The first-order chi connectivity index (χ1) is 33.7. The predicted octanol–water partition coefficient (Wildman–Crippen LogP) is 0.876. The number of carboxylic acid groups (broad SMARTS) is 2. The van der Waals surface area contributed by atoms with Gasteiger partial charge < -0.3 is 66.6 Å². The minimum absolute atomic E-state index is 0.0143. The van der Waals surface area contributed by atoms with Crippen LogP contribution in [-0.2, 0) is 62.3 Å². The fourth-order valence-corrected chi connectivity index (χ4v) is 6.63. The largest absolute Gasteiger partial charge is 0.508 e. The second-order valence-corrected chi connectivity index (χ2v) is 15.6. The third-order valence-electron chi connectivity index (χ3n) is 10.1. The highest BCUT2D eigenvalue weighted by Gasteiger charge is 2.34. The lowest BCUT2D eigenvalue weighted by molar-refractivity contribution is -0.143. The molecule has 0 aliphatic carbocycles. The molecule has 5 atom stereocenters. The molecule has 0 aromatic heterocycles. The van der Waals surface area contributed by atoms with E-state index in [1.807, 2.05) is 6.07 Å². The van der Waals surface area contributed by atoms with Gasteiger partial charge in [0.05, 0.1) is 45.3 Å². The molecule has 0 radical (unpaired) electrons. The van der Waals surface area contributed by atoms with E-state index in [-0.39, 0.29) is 71.2 Å². The fourth-order valence-electron chi connectivity index (χ4n) is 6.63. The number of carbonyl (C=O) groups is 7. The van der Waals surface area contributed by atoms with Crippen LogP contribution in [0.1, 0.15) is 29.5 Å². The zero-order chi connectivity index (χ0) is 50.7. The van der Waals surface area contributed by atoms with Gasteiger partial charge in [0.15, 0.2) is 0 Å². The number of phenols is 1. The van der Waals surface area contributed by atoms with Crippen molar-refractivity contribution in [3.8, 4) is 29.6 Å². The Hall–Kier alpha value is -7.99. The van der Waals surface area contributed by atoms with E-state index in [2.05, 4.69) is 32.5 Å². The van der Waals surface area contributed by atoms with E-state index >= 15 is 0 Å². The van der Waals surface area contributed by atoms with Crippen LogP contribution in [0.3, 0.4) is 0 Å². The van der Waals surface area contributed by atoms with Crippen LogP contribution in [0, 0.1) is 12.3 Å². The molecule has 372 valence electrons. The molecular weight excluding hydrogens is 909 g/mol. The molecule has 4 rings (SSSR count). The third kappa shape index (κ3) is 20.5. The van der Waals surface area contributed by atoms with Gasteiger partial charge in [0, 0.05) is 19.4 Å². The van der Waals surface area contributed by atoms with Crippen molar-refractivity contribution in [3.05, 3.63) is 126 Å². The summed E-state index contributed by atoms with van der Waals surface area (Å²) in [4.78, 5) is 92.2. The van der Waals surface area contributed by atoms with Gasteiger partial charge in [-0.05, 0) is 59.5 Å². The number of carboxylic acids is 2. The first-order valence-corrected chi connectivity index (χ1v) is 22.2. The highest BCUT2D eigenvalue weighted by Crippen LogP contribution is 2.18. The van der Waals surface area contributed by atoms with Gasteiger partial charge in [-0.3, -0.25) is 33.6 Å². The Morgan fingerprint density at radius 3 is 1.47 bits per heavy atom. The first-order valence-electron chi connectivity index (χ1n) is 22.2. The number of nitrogens with two attached hydrogens (primary N) is 1. The van der Waals surface area contributed by atoms with Crippen molar-refractivity contribution < 1.29 is 67.8 Å². The average molecular weight is 967 g/mol. The number of carbonyl (C=O) groups excluding carboxylic acids is 5. The number of ether oxygens (including phenoxy) is 4. The number of benzene rings is 4. The number of terminal acetylenes is 1. The normalized spacial score (nSPS) is 12.9. The smallest absolute Gasteiger partial charge is 0.305 e. The van der Waals surface area contributed by atoms with E-state index in [0.29, 0.717) is 22.6 Å². The van der Waals surface area contributed by atoms with Gasteiger partial charge in [0.25, 0.3) is 0 Å². The van der Waals surface area contributed by atoms with Crippen LogP contribution in [0.25, 0.3) is 0 Å². The lowest BCUT2D eigenvalue weighted by Gasteiger charge is -2.26. The number of phenolic OH excluding ortho intramolecular Hbond substituents is 1. The lowest BCUT2D eigenvalue weighted by atomic mass is 10.0. The Labute approximate surface area is 404 Å². The maximum atomic E-state index is 14.1. The molecule has 20 heteroatoms. The number of hydrogen-bond donors (Lipinski definition) is 9. The van der Waals surface area contributed by atoms with E-state index in [1.54, 1.807) is 91.0 Å². The fraction of sp³-hybridized carbons (Fsp3) is 0.340. The molecule has 5 amide bonds. The summed E-state index contributed by atoms with van der Waals surface area (Å²) in [5.74, 6) is -4.09. The van der Waals surface area contributed by atoms with Gasteiger partial charge in [0.2, 0.25) is 29.5 Å². The van der Waals surface area contributed by atoms with Crippen LogP contribution in [0.15, 0.2) is 109 Å². The summed E-state index contributed by atoms with van der Waals surface area (Å²) in [6.45, 7) is 0.895. The first kappa shape index (κ1) is 54.6. The van der Waals surface area contributed by atoms with Gasteiger partial charge in [-0.15, -0.1) is 6.42 Å². The van der Waals surface area contributed by atoms with Crippen LogP contribution >= 0.6 is 0 Å². The van der Waals surface area contributed by atoms with Crippen LogP contribution in [0.2, 0.25) is 0 Å². The summed E-state index contributed by atoms with van der Waals surface area (Å²) in [5.41, 5.74) is 8.10. The van der Waals surface area contributed by atoms with Crippen molar-refractivity contribution >= 4 is 41.5 Å². The predicted molar refractivity (Wildman–Crippen MR) is 253 cm³/mol. The molecule has 10 N–H and O–H groups in total. The molecule has 0 bridgehead atoms. The van der Waals surface area contributed by atoms with Crippen molar-refractivity contribution in [1.29, 1.82) is 0 Å². The van der Waals surface area contributed by atoms with Crippen molar-refractivity contribution in [1.82, 2.24) is 26.6 Å². The monoisotopic (exact) mass is 966 g/mol. The molecule has 0 heterocycles. The molecule has 4 aromatic carbocycles. The highest BCUT2D eigenvalue weighted by atomic mass is 16.5. The third-order valence-corrected chi connectivity index (χ3v) is 10.1. The van der Waals surface area contributed by atoms with E-state index in [1.165, 1.54) is 12.1 Å². The number of aromatic hydroxyl groups is 1. The van der Waals surface area contributed by atoms with E-state index in [9.17, 15) is 48.9 Å². The number of aliphatic carboxylic acids is 2. The molecule has 0 fully saturated rings. The molecule has 0 aliphatic heterocycles. The molecular formula is C50H58N6O14. The molecule has 0 aliphatic rings. The van der Waals surface area contributed by atoms with Gasteiger partial charge >= 0.3 is 11.9 Å². The summed E-state index contributed by atoms with van der Waals surface area (Å²) < 4.78 is 21.9. The topological polar surface area (TPSA) is 303 Å². The second kappa shape index (κ2) is 29.7. The van der Waals surface area contributed by atoms with Crippen molar-refractivity contribution in [3.63, 3.8) is 0 Å². The minimum Gasteiger partial charge on any atom is -0.508 e. The Balaban J connectivity index is 1.36. The quantitative estimate of drug-likeness (QED) is 0.0250. The zero-order valence-corrected chi connectivity index (χ0v) is 38.3. The van der Waals surface area contributed by atoms with Crippen molar-refractivity contribution in [2.24, 2.45) is 5.73 Å². The number of nitrogens with one attached hydrogen (secondary N) is 5. The molecule has 0 saturated carbocycles. The maximum absolute atomic E-state index is 14.1. The van der Waals surface area contributed by atoms with Gasteiger partial charge in [0.1, 0.15) is 54.6 Å².